The smallest absolute Gasteiger partial charge is 0.0521 e. The molecule has 2 heteroatoms. The number of nitrogens with zero attached hydrogens (tertiary/aromatic N) is 2. The van der Waals surface area contributed by atoms with Crippen molar-refractivity contribution in [3.63, 3.8) is 0 Å². The molecule has 1 heterocycles. The molecule has 0 N–H and O–H groups in total. The summed E-state index contributed by atoms with van der Waals surface area (Å²) in [5.41, 5.74) is 2.62. The lowest BCUT2D eigenvalue weighted by atomic mass is 10.1. The maximum absolute atomic E-state index is 4.15. The van der Waals surface area contributed by atoms with Crippen molar-refractivity contribution in [1.29, 1.82) is 0 Å². The van der Waals surface area contributed by atoms with Gasteiger partial charge in [0.2, 0.25) is 0 Å². The van der Waals surface area contributed by atoms with E-state index in [2.05, 4.69) is 25.9 Å². The van der Waals surface area contributed by atoms with Gasteiger partial charge in [0.05, 0.1) is 6.20 Å². The van der Waals surface area contributed by atoms with Gasteiger partial charge in [-0.2, -0.15) is 5.10 Å². The zero-order valence-electron chi connectivity index (χ0n) is 9.05. The van der Waals surface area contributed by atoms with E-state index in [-0.39, 0.29) is 0 Å². The summed E-state index contributed by atoms with van der Waals surface area (Å²) in [6.45, 7) is 10.5. The lowest BCUT2D eigenvalue weighted by Gasteiger charge is -2.05. The van der Waals surface area contributed by atoms with Crippen LogP contribution in [-0.2, 0) is 7.05 Å². The Morgan fingerprint density at radius 2 is 1.83 bits per heavy atom. The van der Waals surface area contributed by atoms with Crippen LogP contribution in [0.2, 0.25) is 0 Å². The van der Waals surface area contributed by atoms with Crippen LogP contribution in [0, 0.1) is 6.92 Å². The summed E-state index contributed by atoms with van der Waals surface area (Å²) in [6, 6.07) is 0. The predicted octanol–water partition coefficient (Wildman–Crippen LogP) is 2.88. The monoisotopic (exact) mass is 168 g/mol. The fourth-order valence-corrected chi connectivity index (χ4v) is 1.39. The third-order valence-corrected chi connectivity index (χ3v) is 1.72. The van der Waals surface area contributed by atoms with E-state index in [1.165, 1.54) is 11.3 Å². The molecule has 1 rings (SSSR count). The maximum Gasteiger partial charge on any atom is 0.0521 e. The molecule has 0 unspecified atom stereocenters. The average Bonchev–Trinajstić information content (AvgIpc) is 2.35. The number of aryl methyl sites for hydroxylation is 2. The minimum absolute atomic E-state index is 0.576. The van der Waals surface area contributed by atoms with Crippen LogP contribution >= 0.6 is 0 Å². The van der Waals surface area contributed by atoms with E-state index in [1.807, 2.05) is 31.8 Å². The first-order valence-corrected chi connectivity index (χ1v) is 4.61. The van der Waals surface area contributed by atoms with Crippen LogP contribution in [0.15, 0.2) is 6.20 Å². The molecule has 2 nitrogen and oxygen atoms in total. The Hall–Kier alpha value is -0.790. The van der Waals surface area contributed by atoms with Gasteiger partial charge in [-0.15, -0.1) is 0 Å². The molecule has 0 radical (unpaired) electrons. The second kappa shape index (κ2) is 4.96. The van der Waals surface area contributed by atoms with Crippen LogP contribution in [-0.4, -0.2) is 9.78 Å². The molecular formula is C10H20N2. The quantitative estimate of drug-likeness (QED) is 0.630. The first kappa shape index (κ1) is 11.2. The molecule has 0 aliphatic heterocycles. The SMILES string of the molecule is CC.Cc1cnn(C)c1C(C)C. The van der Waals surface area contributed by atoms with E-state index in [0.29, 0.717) is 5.92 Å². The fraction of sp³-hybridized carbons (Fsp3) is 0.700. The molecule has 0 amide bonds. The summed E-state index contributed by atoms with van der Waals surface area (Å²) in [4.78, 5) is 0. The Labute approximate surface area is 75.6 Å². The minimum atomic E-state index is 0.576. The van der Waals surface area contributed by atoms with Crippen molar-refractivity contribution in [2.24, 2.45) is 7.05 Å². The molecule has 12 heavy (non-hydrogen) atoms. The number of aromatic nitrogens is 2. The molecule has 1 aromatic rings. The zero-order chi connectivity index (χ0) is 9.72. The van der Waals surface area contributed by atoms with Gasteiger partial charge in [-0.05, 0) is 18.4 Å². The summed E-state index contributed by atoms with van der Waals surface area (Å²) in [7, 11) is 1.99. The van der Waals surface area contributed by atoms with Gasteiger partial charge < -0.3 is 0 Å². The summed E-state index contributed by atoms with van der Waals surface area (Å²) in [5, 5.41) is 4.15. The van der Waals surface area contributed by atoms with Crippen LogP contribution < -0.4 is 0 Å². The van der Waals surface area contributed by atoms with Crippen molar-refractivity contribution in [3.05, 3.63) is 17.5 Å². The lowest BCUT2D eigenvalue weighted by molar-refractivity contribution is 0.666. The highest BCUT2D eigenvalue weighted by Crippen LogP contribution is 2.16. The number of hydrogen-bond donors (Lipinski definition) is 0. The topological polar surface area (TPSA) is 17.8 Å². The zero-order valence-corrected chi connectivity index (χ0v) is 9.05. The molecular weight excluding hydrogens is 148 g/mol. The van der Waals surface area contributed by atoms with Crippen LogP contribution in [0.5, 0.6) is 0 Å². The lowest BCUT2D eigenvalue weighted by Crippen LogP contribution is -2.00. The van der Waals surface area contributed by atoms with Gasteiger partial charge in [0, 0.05) is 12.7 Å². The van der Waals surface area contributed by atoms with E-state index < -0.39 is 0 Å². The van der Waals surface area contributed by atoms with E-state index in [9.17, 15) is 0 Å². The summed E-state index contributed by atoms with van der Waals surface area (Å²) in [5.74, 6) is 0.576. The molecule has 0 aliphatic carbocycles. The molecule has 0 spiro atoms. The van der Waals surface area contributed by atoms with Crippen LogP contribution in [0.3, 0.4) is 0 Å². The molecule has 0 aromatic carbocycles. The first-order valence-electron chi connectivity index (χ1n) is 4.61. The van der Waals surface area contributed by atoms with E-state index >= 15 is 0 Å². The van der Waals surface area contributed by atoms with E-state index in [4.69, 9.17) is 0 Å². The molecule has 0 saturated heterocycles. The largest absolute Gasteiger partial charge is 0.272 e. The maximum atomic E-state index is 4.15. The first-order chi connectivity index (χ1) is 5.63. The average molecular weight is 168 g/mol. The molecule has 0 atom stereocenters. The van der Waals surface area contributed by atoms with Gasteiger partial charge in [0.1, 0.15) is 0 Å². The third-order valence-electron chi connectivity index (χ3n) is 1.72. The van der Waals surface area contributed by atoms with Gasteiger partial charge in [-0.25, -0.2) is 0 Å². The molecule has 1 aromatic heterocycles. The van der Waals surface area contributed by atoms with Crippen molar-refractivity contribution in [2.45, 2.75) is 40.5 Å². The van der Waals surface area contributed by atoms with Gasteiger partial charge >= 0.3 is 0 Å². The van der Waals surface area contributed by atoms with Gasteiger partial charge in [-0.1, -0.05) is 27.7 Å². The van der Waals surface area contributed by atoms with E-state index in [1.54, 1.807) is 0 Å². The van der Waals surface area contributed by atoms with Gasteiger partial charge in [0.25, 0.3) is 0 Å². The molecule has 0 bridgehead atoms. The van der Waals surface area contributed by atoms with Crippen molar-refractivity contribution in [3.8, 4) is 0 Å². The molecule has 0 saturated carbocycles. The van der Waals surface area contributed by atoms with Crippen molar-refractivity contribution in [2.75, 3.05) is 0 Å². The fourth-order valence-electron chi connectivity index (χ4n) is 1.39. The normalized spacial score (nSPS) is 9.58. The third kappa shape index (κ3) is 2.36. The molecule has 0 aliphatic rings. The van der Waals surface area contributed by atoms with Gasteiger partial charge in [0.15, 0.2) is 0 Å². The summed E-state index contributed by atoms with van der Waals surface area (Å²) >= 11 is 0. The van der Waals surface area contributed by atoms with Gasteiger partial charge in [-0.3, -0.25) is 4.68 Å². The Balaban J connectivity index is 0.000000561. The second-order valence-corrected chi connectivity index (χ2v) is 2.99. The molecule has 70 valence electrons. The van der Waals surface area contributed by atoms with Crippen molar-refractivity contribution >= 4 is 0 Å². The molecule has 0 fully saturated rings. The van der Waals surface area contributed by atoms with Crippen LogP contribution in [0.25, 0.3) is 0 Å². The van der Waals surface area contributed by atoms with Crippen molar-refractivity contribution < 1.29 is 0 Å². The Kier molecular flexibility index (Phi) is 4.64. The van der Waals surface area contributed by atoms with E-state index in [0.717, 1.165) is 0 Å². The van der Waals surface area contributed by atoms with Crippen molar-refractivity contribution in [1.82, 2.24) is 9.78 Å². The Bertz CT molecular complexity index is 204. The van der Waals surface area contributed by atoms with Crippen LogP contribution in [0.4, 0.5) is 0 Å². The standard InChI is InChI=1S/C8H14N2.C2H6/c1-6(2)8-7(3)5-9-10(8)4;1-2/h5-6H,1-4H3;1-2H3. The Morgan fingerprint density at radius 1 is 1.33 bits per heavy atom. The summed E-state index contributed by atoms with van der Waals surface area (Å²) in [6.07, 6.45) is 1.91. The van der Waals surface area contributed by atoms with Crippen LogP contribution in [0.1, 0.15) is 44.9 Å². The highest BCUT2D eigenvalue weighted by atomic mass is 15.3. The highest BCUT2D eigenvalue weighted by Gasteiger charge is 2.06. The second-order valence-electron chi connectivity index (χ2n) is 2.99. The minimum Gasteiger partial charge on any atom is -0.272 e. The number of hydrogen-bond acceptors (Lipinski definition) is 1. The Morgan fingerprint density at radius 3 is 2.00 bits per heavy atom. The summed E-state index contributed by atoms with van der Waals surface area (Å²) < 4.78 is 1.94. The highest BCUT2D eigenvalue weighted by molar-refractivity contribution is 5.18. The predicted molar refractivity (Wildman–Crippen MR) is 53.4 cm³/mol. The number of rotatable bonds is 1.